The summed E-state index contributed by atoms with van der Waals surface area (Å²) in [5.41, 5.74) is 14.3. The molecular formula is C34H18BN5O. The van der Waals surface area contributed by atoms with Crippen LogP contribution in [0, 0.1) is 13.8 Å². The van der Waals surface area contributed by atoms with E-state index in [-0.39, 0.29) is 6.71 Å². The minimum absolute atomic E-state index is 0.0771. The van der Waals surface area contributed by atoms with E-state index in [0.29, 0.717) is 0 Å². The number of fused-ring (bicyclic) bond motifs is 8. The van der Waals surface area contributed by atoms with Gasteiger partial charge in [-0.1, -0.05) is 60.7 Å². The highest BCUT2D eigenvalue weighted by Gasteiger charge is 2.44. The highest BCUT2D eigenvalue weighted by atomic mass is 16.5. The van der Waals surface area contributed by atoms with E-state index in [2.05, 4.69) is 100 Å². The van der Waals surface area contributed by atoms with Crippen molar-refractivity contribution < 1.29 is 4.74 Å². The van der Waals surface area contributed by atoms with E-state index in [0.717, 1.165) is 33.9 Å². The average Bonchev–Trinajstić information content (AvgIpc) is 3.72. The third-order valence-corrected chi connectivity index (χ3v) is 10.1. The van der Waals surface area contributed by atoms with Gasteiger partial charge in [-0.3, -0.25) is 0 Å². The summed E-state index contributed by atoms with van der Waals surface area (Å²) in [5, 5.41) is 17.8. The van der Waals surface area contributed by atoms with Gasteiger partial charge in [-0.15, -0.1) is 0 Å². The van der Waals surface area contributed by atoms with Gasteiger partial charge in [0.1, 0.15) is 0 Å². The van der Waals surface area contributed by atoms with Crippen molar-refractivity contribution in [1.29, 1.82) is 0 Å². The molecule has 0 spiro atoms. The quantitative estimate of drug-likeness (QED) is 0.251. The highest BCUT2D eigenvalue weighted by Crippen LogP contribution is 2.52. The molecule has 0 radical (unpaired) electrons. The third-order valence-electron chi connectivity index (χ3n) is 10.1. The van der Waals surface area contributed by atoms with Gasteiger partial charge in [0.2, 0.25) is 0 Å². The van der Waals surface area contributed by atoms with Crippen LogP contribution in [-0.2, 0) is 0 Å². The number of nitrogens with zero attached hydrogens (tertiary/aromatic N) is 5. The minimum Gasteiger partial charge on any atom is -0.453 e. The Bertz CT molecular complexity index is 2580. The summed E-state index contributed by atoms with van der Waals surface area (Å²) in [6.07, 6.45) is 0. The van der Waals surface area contributed by atoms with Crippen LogP contribution in [-0.4, -0.2) is 30.7 Å². The van der Waals surface area contributed by atoms with Crippen molar-refractivity contribution in [2.75, 3.05) is 0 Å². The molecule has 0 N–H and O–H groups in total. The van der Waals surface area contributed by atoms with Gasteiger partial charge in [0.25, 0.3) is 6.71 Å². The second-order valence-corrected chi connectivity index (χ2v) is 11.9. The molecule has 188 valence electrons. The van der Waals surface area contributed by atoms with E-state index in [4.69, 9.17) is 14.9 Å². The molecule has 3 aliphatic rings. The maximum absolute atomic E-state index is 6.57. The largest absolute Gasteiger partial charge is 0.453 e. The Labute approximate surface area is 232 Å². The molecule has 0 atom stereocenters. The second-order valence-electron chi connectivity index (χ2n) is 11.9. The average molecular weight is 523 g/mol. The standard InChI is InChI=1S/C34H18BN5O/c1-15-17-7-3-11-21-28(17)39(36-15)33-25-19-9-5-13-23-30(19)38-31-20(10-6-14-24(31)41-23)26(32(25)38)34-27(33)35(21)22-12-4-8-18-16(2)37-40(34)29(18)22/h3-14H,1-2H3. The number of rotatable bonds is 0. The fourth-order valence-corrected chi connectivity index (χ4v) is 8.66. The first-order valence-electron chi connectivity index (χ1n) is 14.2. The molecule has 0 bridgehead atoms. The van der Waals surface area contributed by atoms with Gasteiger partial charge >= 0.3 is 0 Å². The fourth-order valence-electron chi connectivity index (χ4n) is 8.66. The van der Waals surface area contributed by atoms with E-state index >= 15 is 0 Å². The number of hydrogen-bond donors (Lipinski definition) is 0. The second kappa shape index (κ2) is 5.91. The van der Waals surface area contributed by atoms with Crippen LogP contribution in [0.25, 0.3) is 71.3 Å². The minimum atomic E-state index is 0.0771. The zero-order valence-corrected chi connectivity index (χ0v) is 22.1. The van der Waals surface area contributed by atoms with Crippen molar-refractivity contribution in [3.05, 3.63) is 84.2 Å². The molecule has 0 aliphatic carbocycles. The van der Waals surface area contributed by atoms with E-state index in [1.54, 1.807) is 0 Å². The van der Waals surface area contributed by atoms with Gasteiger partial charge < -0.3 is 9.14 Å². The number of aromatic nitrogens is 5. The molecule has 3 aliphatic heterocycles. The fraction of sp³-hybridized carbons (Fsp3) is 0.0588. The summed E-state index contributed by atoms with van der Waals surface area (Å²) in [7, 11) is 0. The first-order chi connectivity index (χ1) is 20.2. The smallest absolute Gasteiger partial charge is 0.252 e. The Morgan fingerprint density at radius 2 is 1.05 bits per heavy atom. The van der Waals surface area contributed by atoms with Gasteiger partial charge in [0, 0.05) is 32.3 Å². The summed E-state index contributed by atoms with van der Waals surface area (Å²) in [4.78, 5) is 0. The van der Waals surface area contributed by atoms with Crippen LogP contribution >= 0.6 is 0 Å². The van der Waals surface area contributed by atoms with Gasteiger partial charge in [-0.25, -0.2) is 9.36 Å². The van der Waals surface area contributed by atoms with E-state index < -0.39 is 0 Å². The number of aryl methyl sites for hydroxylation is 2. The van der Waals surface area contributed by atoms with E-state index in [1.807, 2.05) is 0 Å². The molecule has 7 heteroatoms. The maximum Gasteiger partial charge on any atom is 0.252 e. The van der Waals surface area contributed by atoms with Crippen molar-refractivity contribution >= 4 is 83.0 Å². The van der Waals surface area contributed by atoms with Gasteiger partial charge in [-0.2, -0.15) is 10.2 Å². The van der Waals surface area contributed by atoms with Gasteiger partial charge in [0.05, 0.1) is 50.3 Å². The molecule has 0 saturated heterocycles. The first-order valence-corrected chi connectivity index (χ1v) is 14.2. The lowest BCUT2D eigenvalue weighted by Gasteiger charge is -2.32. The summed E-state index contributed by atoms with van der Waals surface area (Å²) in [6.45, 7) is 4.34. The number of benzene rings is 5. The normalized spacial score (nSPS) is 14.2. The summed E-state index contributed by atoms with van der Waals surface area (Å²) < 4.78 is 13.5. The molecular weight excluding hydrogens is 505 g/mol. The van der Waals surface area contributed by atoms with Crippen LogP contribution < -0.4 is 21.1 Å². The SMILES string of the molecule is Cc1nn2c3c(cccc13)B1c3c-2c2c4cccc5c4n4c6c(cccc6c(c3-n3nc(C)c6cccc1c63)c24)O5. The molecule has 0 fully saturated rings. The summed E-state index contributed by atoms with van der Waals surface area (Å²) in [5.74, 6) is 1.80. The monoisotopic (exact) mass is 523 g/mol. The first kappa shape index (κ1) is 19.7. The number of para-hydroxylation sites is 4. The van der Waals surface area contributed by atoms with Crippen LogP contribution in [0.1, 0.15) is 11.4 Å². The van der Waals surface area contributed by atoms with E-state index in [1.165, 1.54) is 76.6 Å². The predicted molar refractivity (Wildman–Crippen MR) is 165 cm³/mol. The molecule has 5 aromatic carbocycles. The Balaban J connectivity index is 1.50. The van der Waals surface area contributed by atoms with Crippen LogP contribution in [0.2, 0.25) is 0 Å². The summed E-state index contributed by atoms with van der Waals surface area (Å²) >= 11 is 0. The summed E-state index contributed by atoms with van der Waals surface area (Å²) in [6, 6.07) is 26.4. The lowest BCUT2D eigenvalue weighted by Crippen LogP contribution is -2.59. The lowest BCUT2D eigenvalue weighted by atomic mass is 9.34. The topological polar surface area (TPSA) is 49.3 Å². The molecule has 0 unspecified atom stereocenters. The molecule has 6 nitrogen and oxygen atoms in total. The zero-order valence-electron chi connectivity index (χ0n) is 22.1. The Kier molecular flexibility index (Phi) is 2.84. The maximum atomic E-state index is 6.57. The molecule has 0 amide bonds. The molecule has 41 heavy (non-hydrogen) atoms. The highest BCUT2D eigenvalue weighted by molar-refractivity contribution is 7.00. The predicted octanol–water partition coefficient (Wildman–Crippen LogP) is 5.38. The van der Waals surface area contributed by atoms with Crippen LogP contribution in [0.4, 0.5) is 0 Å². The van der Waals surface area contributed by atoms with Crippen molar-refractivity contribution in [2.24, 2.45) is 0 Å². The van der Waals surface area contributed by atoms with Crippen molar-refractivity contribution in [1.82, 2.24) is 24.0 Å². The molecule has 12 rings (SSSR count). The molecule has 4 aromatic heterocycles. The Morgan fingerprint density at radius 1 is 0.561 bits per heavy atom. The Hall–Kier alpha value is -5.30. The lowest BCUT2D eigenvalue weighted by molar-refractivity contribution is 0.486. The zero-order chi connectivity index (χ0) is 26.5. The van der Waals surface area contributed by atoms with Gasteiger partial charge in [-0.05, 0) is 42.4 Å². The van der Waals surface area contributed by atoms with Crippen molar-refractivity contribution in [3.8, 4) is 22.9 Å². The number of hydrogen-bond acceptors (Lipinski definition) is 3. The van der Waals surface area contributed by atoms with Crippen LogP contribution in [0.15, 0.2) is 72.8 Å². The third kappa shape index (κ3) is 1.82. The van der Waals surface area contributed by atoms with Gasteiger partial charge in [0.15, 0.2) is 11.5 Å². The van der Waals surface area contributed by atoms with Crippen LogP contribution in [0.3, 0.4) is 0 Å². The number of ether oxygens (including phenoxy) is 1. The van der Waals surface area contributed by atoms with Crippen LogP contribution in [0.5, 0.6) is 11.5 Å². The van der Waals surface area contributed by atoms with Crippen molar-refractivity contribution in [2.45, 2.75) is 13.8 Å². The van der Waals surface area contributed by atoms with Crippen molar-refractivity contribution in [3.63, 3.8) is 0 Å². The molecule has 7 heterocycles. The molecule has 9 aromatic rings. The van der Waals surface area contributed by atoms with E-state index in [9.17, 15) is 0 Å². The Morgan fingerprint density at radius 3 is 1.59 bits per heavy atom. The molecule has 0 saturated carbocycles.